The van der Waals surface area contributed by atoms with Crippen LogP contribution in [0.25, 0.3) is 0 Å². The number of piperidine rings is 2. The number of para-hydroxylation sites is 1. The fourth-order valence-corrected chi connectivity index (χ4v) is 5.19. The maximum atomic E-state index is 12.7. The molecule has 2 aromatic carbocycles. The normalized spacial score (nSPS) is 26.4. The number of nitrogens with two attached hydrogens (primary N) is 4. The van der Waals surface area contributed by atoms with Crippen molar-refractivity contribution in [3.05, 3.63) is 60.2 Å². The summed E-state index contributed by atoms with van der Waals surface area (Å²) in [6.07, 6.45) is 1.55. The van der Waals surface area contributed by atoms with E-state index < -0.39 is 0 Å². The summed E-state index contributed by atoms with van der Waals surface area (Å²) < 4.78 is 0. The number of guanidine groups is 2. The Kier molecular flexibility index (Phi) is 7.38. The first kappa shape index (κ1) is 25.2. The molecule has 5 rings (SSSR count). The summed E-state index contributed by atoms with van der Waals surface area (Å²) in [5, 5.41) is 2.92. The molecule has 196 valence electrons. The van der Waals surface area contributed by atoms with Gasteiger partial charge in [0, 0.05) is 67.3 Å². The van der Waals surface area contributed by atoms with Crippen molar-refractivity contribution in [3.63, 3.8) is 0 Å². The Morgan fingerprint density at radius 2 is 1.35 bits per heavy atom. The molecule has 0 saturated carbocycles. The Labute approximate surface area is 217 Å². The molecule has 0 radical (unpaired) electrons. The zero-order valence-electron chi connectivity index (χ0n) is 20.9. The largest absolute Gasteiger partial charge is 0.339 e. The Hall–Kier alpha value is -3.51. The predicted octanol–water partition coefficient (Wildman–Crippen LogP) is 0.149. The lowest BCUT2D eigenvalue weighted by Gasteiger charge is -2.42. The van der Waals surface area contributed by atoms with Gasteiger partial charge in [-0.25, -0.2) is 4.99 Å². The van der Waals surface area contributed by atoms with Crippen LogP contribution in [0.5, 0.6) is 0 Å². The van der Waals surface area contributed by atoms with E-state index in [-0.39, 0.29) is 30.1 Å². The smallest absolute Gasteiger partial charge is 0.255 e. The number of anilines is 2. The Bertz CT molecular complexity index is 1130. The van der Waals surface area contributed by atoms with Gasteiger partial charge in [-0.15, -0.1) is 0 Å². The minimum Gasteiger partial charge on any atom is -0.339 e. The van der Waals surface area contributed by atoms with E-state index >= 15 is 0 Å². The second-order valence-electron chi connectivity index (χ2n) is 10.1. The average Bonchev–Trinajstić information content (AvgIpc) is 2.88. The SMILES string of the molecule is N[C@@H]1C[C@H](N)CN(C2=NCN(c3ccc(C(=O)Nc4ccccc4)cc3)C(N3C[C@H](N)C[C@H](N)C3)=N2)C1. The maximum Gasteiger partial charge on any atom is 0.255 e. The zero-order valence-corrected chi connectivity index (χ0v) is 20.9. The van der Waals surface area contributed by atoms with Gasteiger partial charge in [0.25, 0.3) is 5.91 Å². The molecule has 37 heavy (non-hydrogen) atoms. The summed E-state index contributed by atoms with van der Waals surface area (Å²) in [6.45, 7) is 2.98. The van der Waals surface area contributed by atoms with Crippen LogP contribution in [0.4, 0.5) is 11.4 Å². The fraction of sp³-hybridized carbons (Fsp3) is 0.423. The number of carbonyl (C=O) groups excluding carboxylic acids is 1. The molecule has 3 aliphatic heterocycles. The number of aliphatic imine (C=N–C) groups is 2. The first-order valence-corrected chi connectivity index (χ1v) is 12.7. The van der Waals surface area contributed by atoms with Crippen LogP contribution in [0.1, 0.15) is 23.2 Å². The van der Waals surface area contributed by atoms with Gasteiger partial charge in [-0.05, 0) is 49.2 Å². The highest BCUT2D eigenvalue weighted by atomic mass is 16.1. The third kappa shape index (κ3) is 5.91. The Morgan fingerprint density at radius 3 is 1.95 bits per heavy atom. The van der Waals surface area contributed by atoms with Gasteiger partial charge in [0.05, 0.1) is 0 Å². The van der Waals surface area contributed by atoms with Crippen LogP contribution in [0.2, 0.25) is 0 Å². The predicted molar refractivity (Wildman–Crippen MR) is 147 cm³/mol. The fourth-order valence-electron chi connectivity index (χ4n) is 5.19. The molecule has 11 heteroatoms. The molecule has 3 aliphatic rings. The van der Waals surface area contributed by atoms with Crippen LogP contribution >= 0.6 is 0 Å². The summed E-state index contributed by atoms with van der Waals surface area (Å²) in [4.78, 5) is 28.7. The highest BCUT2D eigenvalue weighted by Gasteiger charge is 2.33. The molecule has 2 aromatic rings. The number of nitrogens with zero attached hydrogens (tertiary/aromatic N) is 5. The Morgan fingerprint density at radius 1 is 0.784 bits per heavy atom. The highest BCUT2D eigenvalue weighted by molar-refractivity contribution is 6.07. The summed E-state index contributed by atoms with van der Waals surface area (Å²) in [6, 6.07) is 16.7. The summed E-state index contributed by atoms with van der Waals surface area (Å²) in [7, 11) is 0. The van der Waals surface area contributed by atoms with Crippen molar-refractivity contribution >= 4 is 29.2 Å². The molecule has 2 fully saturated rings. The lowest BCUT2D eigenvalue weighted by atomic mass is 10.0. The van der Waals surface area contributed by atoms with Crippen LogP contribution < -0.4 is 33.2 Å². The first-order chi connectivity index (χ1) is 17.9. The number of amides is 1. The van der Waals surface area contributed by atoms with Gasteiger partial charge in [-0.1, -0.05) is 18.2 Å². The third-order valence-corrected chi connectivity index (χ3v) is 6.86. The molecule has 1 amide bonds. The number of rotatable bonds is 3. The van der Waals surface area contributed by atoms with E-state index in [1.807, 2.05) is 47.4 Å². The van der Waals surface area contributed by atoms with Crippen molar-refractivity contribution in [3.8, 4) is 0 Å². The van der Waals surface area contributed by atoms with Gasteiger partial charge in [0.1, 0.15) is 6.67 Å². The van der Waals surface area contributed by atoms with E-state index in [9.17, 15) is 4.79 Å². The van der Waals surface area contributed by atoms with Crippen LogP contribution in [0.15, 0.2) is 64.6 Å². The van der Waals surface area contributed by atoms with Gasteiger partial charge >= 0.3 is 0 Å². The van der Waals surface area contributed by atoms with Crippen molar-refractivity contribution in [2.24, 2.45) is 32.9 Å². The van der Waals surface area contributed by atoms with Gasteiger partial charge < -0.3 is 38.1 Å². The quantitative estimate of drug-likeness (QED) is 0.394. The molecule has 9 N–H and O–H groups in total. The summed E-state index contributed by atoms with van der Waals surface area (Å²) in [5.41, 5.74) is 27.3. The number of hydrogen-bond acceptors (Lipinski definition) is 10. The average molecular weight is 505 g/mol. The van der Waals surface area contributed by atoms with E-state index in [1.54, 1.807) is 12.1 Å². The molecular weight excluding hydrogens is 468 g/mol. The standard InChI is InChI=1S/C26H36N10O/c27-18-10-19(28)13-34(12-18)25-31-16-36(26(33-25)35-14-20(29)11-21(30)15-35)23-8-6-17(7-9-23)24(37)32-22-4-2-1-3-5-22/h1-9,18-21H,10-16,27-30H2,(H,32,37)/t18-,19+,20-,21+. The molecule has 0 bridgehead atoms. The molecule has 3 heterocycles. The minimum absolute atomic E-state index is 0.0189. The van der Waals surface area contributed by atoms with E-state index in [0.717, 1.165) is 30.2 Å². The number of likely N-dealkylation sites (tertiary alicyclic amines) is 2. The van der Waals surface area contributed by atoms with Gasteiger partial charge in [-0.3, -0.25) is 9.69 Å². The highest BCUT2D eigenvalue weighted by Crippen LogP contribution is 2.23. The molecule has 4 atom stereocenters. The first-order valence-electron chi connectivity index (χ1n) is 12.7. The monoisotopic (exact) mass is 504 g/mol. The lowest BCUT2D eigenvalue weighted by molar-refractivity contribution is 0.102. The van der Waals surface area contributed by atoms with E-state index in [1.165, 1.54) is 0 Å². The van der Waals surface area contributed by atoms with Gasteiger partial charge in [-0.2, -0.15) is 4.99 Å². The molecular formula is C26H36N10O. The van der Waals surface area contributed by atoms with Crippen molar-refractivity contribution in [2.45, 2.75) is 37.0 Å². The molecule has 0 aliphatic carbocycles. The number of hydrogen-bond donors (Lipinski definition) is 5. The second-order valence-corrected chi connectivity index (χ2v) is 10.1. The molecule has 11 nitrogen and oxygen atoms in total. The molecule has 0 spiro atoms. The van der Waals surface area contributed by atoms with Gasteiger partial charge in [0.15, 0.2) is 0 Å². The van der Waals surface area contributed by atoms with Crippen LogP contribution in [-0.4, -0.2) is 84.6 Å². The minimum atomic E-state index is -0.170. The molecule has 0 unspecified atom stereocenters. The van der Waals surface area contributed by atoms with Crippen molar-refractivity contribution in [1.82, 2.24) is 9.80 Å². The van der Waals surface area contributed by atoms with E-state index in [0.29, 0.717) is 44.4 Å². The number of nitrogens with one attached hydrogen (secondary N) is 1. The zero-order chi connectivity index (χ0) is 25.9. The number of carbonyl (C=O) groups is 1. The second kappa shape index (κ2) is 10.9. The molecule has 0 aromatic heterocycles. The van der Waals surface area contributed by atoms with Crippen LogP contribution in [0.3, 0.4) is 0 Å². The summed E-state index contributed by atoms with van der Waals surface area (Å²) >= 11 is 0. The maximum absolute atomic E-state index is 12.7. The summed E-state index contributed by atoms with van der Waals surface area (Å²) in [5.74, 6) is 1.20. The Balaban J connectivity index is 1.39. The lowest BCUT2D eigenvalue weighted by Crippen LogP contribution is -2.60. The van der Waals surface area contributed by atoms with E-state index in [4.69, 9.17) is 32.9 Å². The third-order valence-electron chi connectivity index (χ3n) is 6.86. The topological polar surface area (TPSA) is 168 Å². The number of benzene rings is 2. The van der Waals surface area contributed by atoms with Gasteiger partial charge in [0.2, 0.25) is 11.9 Å². The van der Waals surface area contributed by atoms with Crippen LogP contribution in [-0.2, 0) is 0 Å². The van der Waals surface area contributed by atoms with Crippen molar-refractivity contribution < 1.29 is 4.79 Å². The van der Waals surface area contributed by atoms with Crippen molar-refractivity contribution in [1.29, 1.82) is 0 Å². The van der Waals surface area contributed by atoms with Crippen molar-refractivity contribution in [2.75, 3.05) is 43.1 Å². The van der Waals surface area contributed by atoms with Crippen LogP contribution in [0, 0.1) is 0 Å². The molecule has 2 saturated heterocycles. The van der Waals surface area contributed by atoms with E-state index in [2.05, 4.69) is 15.1 Å².